The van der Waals surface area contributed by atoms with Gasteiger partial charge in [0.1, 0.15) is 5.69 Å². The number of fused-ring (bicyclic) bond motifs is 1. The molecule has 1 heterocycles. The number of rotatable bonds is 6. The molecule has 1 amide bonds. The van der Waals surface area contributed by atoms with Crippen molar-refractivity contribution < 1.29 is 4.79 Å². The SMILES string of the molecule is Cc1cccc2c1cc(C(=O)NCc1ccc(N(C)C)cc1)n2Cc1cccc(C#N)c1. The van der Waals surface area contributed by atoms with Crippen LogP contribution in [0.15, 0.2) is 72.8 Å². The van der Waals surface area contributed by atoms with Crippen molar-refractivity contribution in [2.45, 2.75) is 20.0 Å². The molecule has 5 heteroatoms. The number of benzene rings is 3. The molecule has 0 fully saturated rings. The lowest BCUT2D eigenvalue weighted by atomic mass is 10.1. The quantitative estimate of drug-likeness (QED) is 0.482. The number of carbonyl (C=O) groups is 1. The monoisotopic (exact) mass is 422 g/mol. The highest BCUT2D eigenvalue weighted by Gasteiger charge is 2.17. The zero-order valence-corrected chi connectivity index (χ0v) is 18.6. The van der Waals surface area contributed by atoms with Crippen molar-refractivity contribution >= 4 is 22.5 Å². The van der Waals surface area contributed by atoms with E-state index in [0.29, 0.717) is 24.3 Å². The van der Waals surface area contributed by atoms with Crippen LogP contribution in [0.25, 0.3) is 10.9 Å². The summed E-state index contributed by atoms with van der Waals surface area (Å²) in [6.45, 7) is 3.02. The van der Waals surface area contributed by atoms with Gasteiger partial charge in [-0.3, -0.25) is 4.79 Å². The molecule has 1 N–H and O–H groups in total. The molecule has 0 saturated carbocycles. The predicted molar refractivity (Wildman–Crippen MR) is 129 cm³/mol. The molecule has 32 heavy (non-hydrogen) atoms. The van der Waals surface area contributed by atoms with Gasteiger partial charge >= 0.3 is 0 Å². The van der Waals surface area contributed by atoms with Gasteiger partial charge in [-0.25, -0.2) is 0 Å². The summed E-state index contributed by atoms with van der Waals surface area (Å²) >= 11 is 0. The van der Waals surface area contributed by atoms with E-state index in [1.807, 2.05) is 84.2 Å². The van der Waals surface area contributed by atoms with Gasteiger partial charge in [0, 0.05) is 43.8 Å². The second-order valence-corrected chi connectivity index (χ2v) is 8.18. The highest BCUT2D eigenvalue weighted by atomic mass is 16.1. The maximum atomic E-state index is 13.2. The fourth-order valence-corrected chi connectivity index (χ4v) is 3.90. The largest absolute Gasteiger partial charge is 0.378 e. The molecule has 0 unspecified atom stereocenters. The third-order valence-electron chi connectivity index (χ3n) is 5.70. The van der Waals surface area contributed by atoms with Gasteiger partial charge in [-0.1, -0.05) is 36.4 Å². The van der Waals surface area contributed by atoms with E-state index in [1.54, 1.807) is 6.07 Å². The molecule has 4 rings (SSSR count). The Balaban J connectivity index is 1.63. The van der Waals surface area contributed by atoms with Crippen molar-refractivity contribution in [3.8, 4) is 6.07 Å². The average Bonchev–Trinajstić information content (AvgIpc) is 3.17. The first-order valence-electron chi connectivity index (χ1n) is 10.6. The van der Waals surface area contributed by atoms with Crippen LogP contribution in [0.3, 0.4) is 0 Å². The van der Waals surface area contributed by atoms with Crippen LogP contribution in [0.5, 0.6) is 0 Å². The van der Waals surface area contributed by atoms with E-state index in [0.717, 1.165) is 33.3 Å². The summed E-state index contributed by atoms with van der Waals surface area (Å²) in [5.74, 6) is -0.117. The van der Waals surface area contributed by atoms with Gasteiger partial charge in [0.25, 0.3) is 5.91 Å². The Bertz CT molecular complexity index is 1310. The maximum absolute atomic E-state index is 13.2. The van der Waals surface area contributed by atoms with Gasteiger partial charge in [0.15, 0.2) is 0 Å². The Labute approximate surface area is 188 Å². The fourth-order valence-electron chi connectivity index (χ4n) is 3.90. The van der Waals surface area contributed by atoms with Gasteiger partial charge < -0.3 is 14.8 Å². The summed E-state index contributed by atoms with van der Waals surface area (Å²) in [6, 6.07) is 25.9. The summed E-state index contributed by atoms with van der Waals surface area (Å²) in [7, 11) is 4.01. The highest BCUT2D eigenvalue weighted by molar-refractivity contribution is 5.99. The minimum atomic E-state index is -0.117. The summed E-state index contributed by atoms with van der Waals surface area (Å²) in [6.07, 6.45) is 0. The molecule has 4 aromatic rings. The van der Waals surface area contributed by atoms with Crippen LogP contribution in [0.1, 0.15) is 32.7 Å². The van der Waals surface area contributed by atoms with E-state index in [-0.39, 0.29) is 5.91 Å². The molecular formula is C27H26N4O. The van der Waals surface area contributed by atoms with E-state index in [1.165, 1.54) is 0 Å². The summed E-state index contributed by atoms with van der Waals surface area (Å²) in [5, 5.41) is 13.4. The zero-order chi connectivity index (χ0) is 22.7. The van der Waals surface area contributed by atoms with E-state index in [2.05, 4.69) is 24.4 Å². The number of hydrogen-bond acceptors (Lipinski definition) is 3. The van der Waals surface area contributed by atoms with Crippen LogP contribution in [0.4, 0.5) is 5.69 Å². The fraction of sp³-hybridized carbons (Fsp3) is 0.185. The van der Waals surface area contributed by atoms with Crippen molar-refractivity contribution in [3.05, 3.63) is 101 Å². The van der Waals surface area contributed by atoms with Gasteiger partial charge in [-0.2, -0.15) is 5.26 Å². The number of nitrogens with zero attached hydrogens (tertiary/aromatic N) is 3. The lowest BCUT2D eigenvalue weighted by Gasteiger charge is -2.14. The van der Waals surface area contributed by atoms with Crippen LogP contribution in [-0.2, 0) is 13.1 Å². The molecule has 160 valence electrons. The lowest BCUT2D eigenvalue weighted by Crippen LogP contribution is -2.25. The third-order valence-corrected chi connectivity index (χ3v) is 5.70. The molecule has 1 aromatic heterocycles. The van der Waals surface area contributed by atoms with Crippen LogP contribution in [0, 0.1) is 18.3 Å². The number of nitrogens with one attached hydrogen (secondary N) is 1. The summed E-state index contributed by atoms with van der Waals surface area (Å²) in [5.41, 5.74) is 6.51. The molecule has 0 aliphatic carbocycles. The first-order chi connectivity index (χ1) is 15.5. The number of hydrogen-bond donors (Lipinski definition) is 1. The topological polar surface area (TPSA) is 61.1 Å². The van der Waals surface area contributed by atoms with E-state index in [4.69, 9.17) is 0 Å². The summed E-state index contributed by atoms with van der Waals surface area (Å²) in [4.78, 5) is 15.3. The van der Waals surface area contributed by atoms with Crippen LogP contribution >= 0.6 is 0 Å². The minimum Gasteiger partial charge on any atom is -0.378 e. The van der Waals surface area contributed by atoms with E-state index in [9.17, 15) is 10.1 Å². The van der Waals surface area contributed by atoms with Crippen LogP contribution in [-0.4, -0.2) is 24.6 Å². The van der Waals surface area contributed by atoms with Crippen LogP contribution in [0.2, 0.25) is 0 Å². The maximum Gasteiger partial charge on any atom is 0.268 e. The average molecular weight is 423 g/mol. The first-order valence-corrected chi connectivity index (χ1v) is 10.6. The van der Waals surface area contributed by atoms with Crippen molar-refractivity contribution in [2.24, 2.45) is 0 Å². The smallest absolute Gasteiger partial charge is 0.268 e. The Morgan fingerprint density at radius 2 is 1.75 bits per heavy atom. The number of anilines is 1. The number of aromatic nitrogens is 1. The standard InChI is InChI=1S/C27H26N4O/c1-19-6-4-9-25-24(19)15-26(31(25)18-22-8-5-7-21(14-22)16-28)27(32)29-17-20-10-12-23(13-11-20)30(2)3/h4-15H,17-18H2,1-3H3,(H,29,32). The van der Waals surface area contributed by atoms with Crippen molar-refractivity contribution in [3.63, 3.8) is 0 Å². The molecule has 0 radical (unpaired) electrons. The molecule has 0 spiro atoms. The predicted octanol–water partition coefficient (Wildman–Crippen LogP) is 4.87. The first kappa shape index (κ1) is 21.2. The second-order valence-electron chi connectivity index (χ2n) is 8.18. The number of aryl methyl sites for hydroxylation is 1. The lowest BCUT2D eigenvalue weighted by molar-refractivity contribution is 0.0942. The van der Waals surface area contributed by atoms with Gasteiger partial charge in [-0.05, 0) is 60.0 Å². The molecular weight excluding hydrogens is 396 g/mol. The van der Waals surface area contributed by atoms with Gasteiger partial charge in [0.05, 0.1) is 11.6 Å². The van der Waals surface area contributed by atoms with Crippen molar-refractivity contribution in [2.75, 3.05) is 19.0 Å². The van der Waals surface area contributed by atoms with Gasteiger partial charge in [0.2, 0.25) is 0 Å². The van der Waals surface area contributed by atoms with E-state index < -0.39 is 0 Å². The third kappa shape index (κ3) is 4.35. The molecule has 0 saturated heterocycles. The Morgan fingerprint density at radius 3 is 2.47 bits per heavy atom. The molecule has 3 aromatic carbocycles. The van der Waals surface area contributed by atoms with Crippen molar-refractivity contribution in [1.29, 1.82) is 5.26 Å². The van der Waals surface area contributed by atoms with Crippen molar-refractivity contribution in [1.82, 2.24) is 9.88 Å². The number of amides is 1. The molecule has 0 bridgehead atoms. The van der Waals surface area contributed by atoms with Gasteiger partial charge in [-0.15, -0.1) is 0 Å². The molecule has 0 atom stereocenters. The molecule has 5 nitrogen and oxygen atoms in total. The Morgan fingerprint density at radius 1 is 1.00 bits per heavy atom. The second kappa shape index (κ2) is 8.99. The Hall–Kier alpha value is -4.04. The molecule has 0 aliphatic rings. The van der Waals surface area contributed by atoms with E-state index >= 15 is 0 Å². The Kier molecular flexibility index (Phi) is 5.96. The van der Waals surface area contributed by atoms with Crippen LogP contribution < -0.4 is 10.2 Å². The number of nitriles is 1. The zero-order valence-electron chi connectivity index (χ0n) is 18.6. The minimum absolute atomic E-state index is 0.117. The normalized spacial score (nSPS) is 10.7. The molecule has 0 aliphatic heterocycles. The highest BCUT2D eigenvalue weighted by Crippen LogP contribution is 2.25. The number of carbonyl (C=O) groups excluding carboxylic acids is 1. The summed E-state index contributed by atoms with van der Waals surface area (Å²) < 4.78 is 2.03.